The Balaban J connectivity index is 1.92. The van der Waals surface area contributed by atoms with Crippen molar-refractivity contribution in [1.82, 2.24) is 20.1 Å². The van der Waals surface area contributed by atoms with Crippen LogP contribution in [-0.2, 0) is 20.0 Å². The van der Waals surface area contributed by atoms with Crippen LogP contribution < -0.4 is 10.1 Å². The zero-order valence-electron chi connectivity index (χ0n) is 11.4. The van der Waals surface area contributed by atoms with Crippen LogP contribution in [0.2, 0.25) is 0 Å². The zero-order chi connectivity index (χ0) is 14.5. The molecule has 0 atom stereocenters. The Morgan fingerprint density at radius 1 is 1.35 bits per heavy atom. The largest absolute Gasteiger partial charge is 0.495 e. The normalized spacial score (nSPS) is 10.8. The second-order valence-corrected chi connectivity index (χ2v) is 6.13. The van der Waals surface area contributed by atoms with Crippen LogP contribution in [0.3, 0.4) is 0 Å². The van der Waals surface area contributed by atoms with E-state index < -0.39 is 0 Å². The van der Waals surface area contributed by atoms with Gasteiger partial charge in [-0.25, -0.2) is 0 Å². The maximum atomic E-state index is 5.42. The summed E-state index contributed by atoms with van der Waals surface area (Å²) in [5, 5.41) is 11.3. The summed E-state index contributed by atoms with van der Waals surface area (Å²) in [7, 11) is 3.63. The van der Waals surface area contributed by atoms with Gasteiger partial charge in [-0.2, -0.15) is 0 Å². The van der Waals surface area contributed by atoms with Gasteiger partial charge in [0.05, 0.1) is 11.6 Å². The molecule has 1 aromatic carbocycles. The lowest BCUT2D eigenvalue weighted by molar-refractivity contribution is 0.405. The van der Waals surface area contributed by atoms with Gasteiger partial charge in [-0.3, -0.25) is 0 Å². The fraction of sp³-hybridized carbons (Fsp3) is 0.385. The van der Waals surface area contributed by atoms with Crippen molar-refractivity contribution in [2.75, 3.05) is 13.7 Å². The molecule has 0 saturated carbocycles. The highest BCUT2D eigenvalue weighted by molar-refractivity contribution is 9.11. The van der Waals surface area contributed by atoms with Gasteiger partial charge in [0.1, 0.15) is 17.9 Å². The molecule has 108 valence electrons. The van der Waals surface area contributed by atoms with Crippen LogP contribution in [-0.4, -0.2) is 28.4 Å². The van der Waals surface area contributed by atoms with Crippen molar-refractivity contribution in [3.05, 3.63) is 38.8 Å². The van der Waals surface area contributed by atoms with Gasteiger partial charge >= 0.3 is 0 Å². The fourth-order valence-electron chi connectivity index (χ4n) is 1.93. The lowest BCUT2D eigenvalue weighted by Gasteiger charge is -2.12. The number of ether oxygens (including phenoxy) is 1. The van der Waals surface area contributed by atoms with Crippen molar-refractivity contribution in [3.63, 3.8) is 0 Å². The Hall–Kier alpha value is -0.920. The van der Waals surface area contributed by atoms with E-state index in [1.54, 1.807) is 13.4 Å². The third-order valence-electron chi connectivity index (χ3n) is 2.94. The number of methoxy groups -OCH3 is 1. The van der Waals surface area contributed by atoms with Gasteiger partial charge in [0.25, 0.3) is 0 Å². The zero-order valence-corrected chi connectivity index (χ0v) is 14.5. The van der Waals surface area contributed by atoms with Crippen LogP contribution >= 0.6 is 31.9 Å². The van der Waals surface area contributed by atoms with Gasteiger partial charge in [-0.15, -0.1) is 10.2 Å². The second-order valence-electron chi connectivity index (χ2n) is 4.36. The van der Waals surface area contributed by atoms with Crippen molar-refractivity contribution in [2.24, 2.45) is 7.05 Å². The standard InChI is InChI=1S/C13H16Br2N4O/c1-19-8-17-18-12(19)3-4-16-7-9-5-10(14)6-11(15)13(9)20-2/h5-6,8,16H,3-4,7H2,1-2H3. The average Bonchev–Trinajstić information content (AvgIpc) is 2.80. The summed E-state index contributed by atoms with van der Waals surface area (Å²) in [5.74, 6) is 1.83. The van der Waals surface area contributed by atoms with E-state index in [2.05, 4.69) is 53.4 Å². The molecule has 1 aromatic heterocycles. The number of halogens is 2. The average molecular weight is 404 g/mol. The van der Waals surface area contributed by atoms with Crippen LogP contribution in [0, 0.1) is 0 Å². The molecule has 0 aliphatic heterocycles. The minimum absolute atomic E-state index is 0.735. The Bertz CT molecular complexity index is 586. The number of hydrogen-bond acceptors (Lipinski definition) is 4. The highest BCUT2D eigenvalue weighted by atomic mass is 79.9. The Morgan fingerprint density at radius 2 is 2.15 bits per heavy atom. The molecule has 0 bridgehead atoms. The highest BCUT2D eigenvalue weighted by Gasteiger charge is 2.09. The Morgan fingerprint density at radius 3 is 2.80 bits per heavy atom. The fourth-order valence-corrected chi connectivity index (χ4v) is 3.41. The molecule has 0 unspecified atom stereocenters. The minimum atomic E-state index is 0.735. The Kier molecular flexibility index (Phi) is 5.56. The van der Waals surface area contributed by atoms with Gasteiger partial charge in [-0.1, -0.05) is 15.9 Å². The molecule has 1 N–H and O–H groups in total. The molecule has 0 aliphatic rings. The summed E-state index contributed by atoms with van der Waals surface area (Å²) < 4.78 is 9.31. The lowest BCUT2D eigenvalue weighted by Crippen LogP contribution is -2.18. The van der Waals surface area contributed by atoms with Gasteiger partial charge in [0, 0.05) is 36.6 Å². The molecule has 1 heterocycles. The van der Waals surface area contributed by atoms with E-state index in [4.69, 9.17) is 4.74 Å². The Labute approximate surface area is 135 Å². The molecular formula is C13H16Br2N4O. The van der Waals surface area contributed by atoms with Crippen LogP contribution in [0.1, 0.15) is 11.4 Å². The third kappa shape index (κ3) is 3.80. The van der Waals surface area contributed by atoms with Gasteiger partial charge in [0.15, 0.2) is 0 Å². The molecule has 0 amide bonds. The van der Waals surface area contributed by atoms with Crippen molar-refractivity contribution in [1.29, 1.82) is 0 Å². The lowest BCUT2D eigenvalue weighted by atomic mass is 10.2. The first-order chi connectivity index (χ1) is 9.61. The molecule has 0 fully saturated rings. The maximum absolute atomic E-state index is 5.42. The number of aryl methyl sites for hydroxylation is 1. The molecule has 0 saturated heterocycles. The van der Waals surface area contributed by atoms with E-state index >= 15 is 0 Å². The quantitative estimate of drug-likeness (QED) is 0.753. The molecule has 2 rings (SSSR count). The van der Waals surface area contributed by atoms with Crippen LogP contribution in [0.5, 0.6) is 5.75 Å². The monoisotopic (exact) mass is 402 g/mol. The summed E-state index contributed by atoms with van der Waals surface area (Å²) in [6.07, 6.45) is 2.55. The van der Waals surface area contributed by atoms with Crippen molar-refractivity contribution in [2.45, 2.75) is 13.0 Å². The smallest absolute Gasteiger partial charge is 0.137 e. The van der Waals surface area contributed by atoms with Crippen molar-refractivity contribution < 1.29 is 4.74 Å². The van der Waals surface area contributed by atoms with E-state index in [-0.39, 0.29) is 0 Å². The molecule has 7 heteroatoms. The van der Waals surface area contributed by atoms with E-state index in [1.165, 1.54) is 0 Å². The molecule has 20 heavy (non-hydrogen) atoms. The first kappa shape index (κ1) is 15.5. The number of nitrogens with zero attached hydrogens (tertiary/aromatic N) is 3. The van der Waals surface area contributed by atoms with E-state index in [1.807, 2.05) is 17.7 Å². The minimum Gasteiger partial charge on any atom is -0.495 e. The van der Waals surface area contributed by atoms with Crippen LogP contribution in [0.25, 0.3) is 0 Å². The second kappa shape index (κ2) is 7.19. The van der Waals surface area contributed by atoms with E-state index in [9.17, 15) is 0 Å². The van der Waals surface area contributed by atoms with Crippen molar-refractivity contribution in [3.8, 4) is 5.75 Å². The number of aromatic nitrogens is 3. The van der Waals surface area contributed by atoms with E-state index in [0.29, 0.717) is 0 Å². The molecular weight excluding hydrogens is 388 g/mol. The molecule has 0 spiro atoms. The van der Waals surface area contributed by atoms with Gasteiger partial charge in [-0.05, 0) is 28.1 Å². The summed E-state index contributed by atoms with van der Waals surface area (Å²) >= 11 is 7.00. The summed E-state index contributed by atoms with van der Waals surface area (Å²) in [4.78, 5) is 0. The predicted molar refractivity (Wildman–Crippen MR) is 84.8 cm³/mol. The number of rotatable bonds is 6. The molecule has 2 aromatic rings. The topological polar surface area (TPSA) is 52.0 Å². The van der Waals surface area contributed by atoms with E-state index in [0.717, 1.165) is 45.6 Å². The predicted octanol–water partition coefficient (Wildman–Crippen LogP) is 2.68. The molecule has 0 radical (unpaired) electrons. The summed E-state index contributed by atoms with van der Waals surface area (Å²) in [6.45, 7) is 1.57. The SMILES string of the molecule is COc1c(Br)cc(Br)cc1CNCCc1nncn1C. The summed E-state index contributed by atoms with van der Waals surface area (Å²) in [5.41, 5.74) is 1.10. The van der Waals surface area contributed by atoms with Crippen LogP contribution in [0.15, 0.2) is 27.4 Å². The first-order valence-corrected chi connectivity index (χ1v) is 7.76. The van der Waals surface area contributed by atoms with Gasteiger partial charge < -0.3 is 14.6 Å². The summed E-state index contributed by atoms with van der Waals surface area (Å²) in [6, 6.07) is 4.03. The van der Waals surface area contributed by atoms with Crippen LogP contribution in [0.4, 0.5) is 0 Å². The maximum Gasteiger partial charge on any atom is 0.137 e. The number of benzene rings is 1. The van der Waals surface area contributed by atoms with Gasteiger partial charge in [0.2, 0.25) is 0 Å². The first-order valence-electron chi connectivity index (χ1n) is 6.17. The third-order valence-corrected chi connectivity index (χ3v) is 3.98. The highest BCUT2D eigenvalue weighted by Crippen LogP contribution is 2.32. The number of hydrogen-bond donors (Lipinski definition) is 1. The molecule has 5 nitrogen and oxygen atoms in total. The van der Waals surface area contributed by atoms with Crippen molar-refractivity contribution >= 4 is 31.9 Å². The molecule has 0 aliphatic carbocycles. The number of nitrogens with one attached hydrogen (secondary N) is 1.